The molecular weight excluding hydrogens is 286 g/mol. The van der Waals surface area contributed by atoms with Crippen LogP contribution in [-0.4, -0.2) is 18.1 Å². The van der Waals surface area contributed by atoms with Crippen LogP contribution in [0.3, 0.4) is 0 Å². The summed E-state index contributed by atoms with van der Waals surface area (Å²) in [4.78, 5) is 12.7. The van der Waals surface area contributed by atoms with Crippen molar-refractivity contribution in [1.82, 2.24) is 5.32 Å². The maximum absolute atomic E-state index is 12.7. The first-order chi connectivity index (χ1) is 11.2. The largest absolute Gasteiger partial charge is 0.481 e. The molecule has 1 aromatic carbocycles. The van der Waals surface area contributed by atoms with Crippen LogP contribution in [-0.2, 0) is 0 Å². The summed E-state index contributed by atoms with van der Waals surface area (Å²) in [5, 5.41) is 3.39. The predicted molar refractivity (Wildman–Crippen MR) is 89.1 cm³/mol. The number of rotatable bonds is 4. The molecular formula is C20H23NO2. The second-order valence-corrected chi connectivity index (χ2v) is 7.67. The van der Waals surface area contributed by atoms with Crippen molar-refractivity contribution in [3.8, 4) is 18.1 Å². The first kappa shape index (κ1) is 14.6. The third kappa shape index (κ3) is 2.83. The highest BCUT2D eigenvalue weighted by Crippen LogP contribution is 2.55. The minimum atomic E-state index is 0.0513. The number of nitrogens with one attached hydrogen (secondary N) is 1. The fourth-order valence-corrected chi connectivity index (χ4v) is 5.40. The third-order valence-electron chi connectivity index (χ3n) is 5.86. The van der Waals surface area contributed by atoms with E-state index < -0.39 is 0 Å². The first-order valence-electron chi connectivity index (χ1n) is 8.65. The fourth-order valence-electron chi connectivity index (χ4n) is 5.40. The van der Waals surface area contributed by atoms with Gasteiger partial charge in [0.15, 0.2) is 0 Å². The molecule has 0 heterocycles. The number of terminal acetylenes is 1. The van der Waals surface area contributed by atoms with Crippen molar-refractivity contribution < 1.29 is 9.53 Å². The van der Waals surface area contributed by atoms with Crippen LogP contribution in [0, 0.1) is 30.1 Å². The summed E-state index contributed by atoms with van der Waals surface area (Å²) in [5.41, 5.74) is 0.763. The Morgan fingerprint density at radius 1 is 1.13 bits per heavy atom. The smallest absolute Gasteiger partial charge is 0.251 e. The lowest BCUT2D eigenvalue weighted by molar-refractivity contribution is -0.0167. The Labute approximate surface area is 137 Å². The predicted octanol–water partition coefficient (Wildman–Crippen LogP) is 3.40. The molecule has 0 unspecified atom stereocenters. The van der Waals surface area contributed by atoms with E-state index in [0.717, 1.165) is 17.8 Å². The monoisotopic (exact) mass is 309 g/mol. The molecule has 4 aliphatic rings. The van der Waals surface area contributed by atoms with Crippen molar-refractivity contribution in [3.63, 3.8) is 0 Å². The minimum Gasteiger partial charge on any atom is -0.481 e. The lowest BCUT2D eigenvalue weighted by atomic mass is 9.53. The van der Waals surface area contributed by atoms with Crippen LogP contribution in [0.1, 0.15) is 48.9 Å². The normalized spacial score (nSPS) is 34.0. The van der Waals surface area contributed by atoms with Gasteiger partial charge in [-0.25, -0.2) is 0 Å². The molecule has 1 amide bonds. The van der Waals surface area contributed by atoms with Gasteiger partial charge in [0.05, 0.1) is 0 Å². The molecule has 0 atom stereocenters. The van der Waals surface area contributed by atoms with Crippen LogP contribution >= 0.6 is 0 Å². The molecule has 5 rings (SSSR count). The van der Waals surface area contributed by atoms with Gasteiger partial charge < -0.3 is 10.1 Å². The van der Waals surface area contributed by atoms with Gasteiger partial charge in [0.25, 0.3) is 5.91 Å². The van der Waals surface area contributed by atoms with Crippen molar-refractivity contribution in [1.29, 1.82) is 0 Å². The lowest BCUT2D eigenvalue weighted by Crippen LogP contribution is -2.59. The highest BCUT2D eigenvalue weighted by atomic mass is 16.5. The zero-order valence-electron chi connectivity index (χ0n) is 13.4. The van der Waals surface area contributed by atoms with Gasteiger partial charge in [-0.1, -0.05) is 5.92 Å². The number of carbonyl (C=O) groups is 1. The fraction of sp³-hybridized carbons (Fsp3) is 0.550. The molecule has 0 aromatic heterocycles. The van der Waals surface area contributed by atoms with E-state index in [4.69, 9.17) is 11.2 Å². The third-order valence-corrected chi connectivity index (χ3v) is 5.86. The van der Waals surface area contributed by atoms with Crippen LogP contribution in [0.2, 0.25) is 0 Å². The summed E-state index contributed by atoms with van der Waals surface area (Å²) in [6.45, 7) is 0.249. The molecule has 120 valence electrons. The maximum Gasteiger partial charge on any atom is 0.251 e. The van der Waals surface area contributed by atoms with Gasteiger partial charge >= 0.3 is 0 Å². The average Bonchev–Trinajstić information content (AvgIpc) is 2.51. The highest BCUT2D eigenvalue weighted by Gasteiger charge is 2.51. The highest BCUT2D eigenvalue weighted by molar-refractivity contribution is 5.94. The van der Waals surface area contributed by atoms with Crippen LogP contribution in [0.4, 0.5) is 0 Å². The van der Waals surface area contributed by atoms with Crippen molar-refractivity contribution in [2.45, 2.75) is 44.1 Å². The van der Waals surface area contributed by atoms with Gasteiger partial charge in [-0.2, -0.15) is 0 Å². The van der Waals surface area contributed by atoms with Gasteiger partial charge in [-0.05, 0) is 80.5 Å². The van der Waals surface area contributed by atoms with Crippen LogP contribution in [0.5, 0.6) is 5.75 Å². The van der Waals surface area contributed by atoms with E-state index in [2.05, 4.69) is 11.2 Å². The zero-order chi connectivity index (χ0) is 15.9. The molecule has 0 spiro atoms. The minimum absolute atomic E-state index is 0.0513. The van der Waals surface area contributed by atoms with Gasteiger partial charge in [0, 0.05) is 11.1 Å². The lowest BCUT2D eigenvalue weighted by Gasteiger charge is -2.56. The summed E-state index contributed by atoms with van der Waals surface area (Å²) >= 11 is 0. The molecule has 3 heteroatoms. The van der Waals surface area contributed by atoms with Crippen molar-refractivity contribution >= 4 is 5.91 Å². The van der Waals surface area contributed by atoms with E-state index in [1.54, 1.807) is 0 Å². The van der Waals surface area contributed by atoms with E-state index in [9.17, 15) is 4.79 Å². The summed E-state index contributed by atoms with van der Waals surface area (Å²) in [6, 6.07) is 7.27. The number of hydrogen-bond donors (Lipinski definition) is 1. The molecule has 1 N–H and O–H groups in total. The van der Waals surface area contributed by atoms with Crippen LogP contribution in [0.25, 0.3) is 0 Å². The first-order valence-corrected chi connectivity index (χ1v) is 8.65. The molecule has 4 fully saturated rings. The molecule has 4 saturated carbocycles. The topological polar surface area (TPSA) is 38.3 Å². The second kappa shape index (κ2) is 5.60. The van der Waals surface area contributed by atoms with Crippen LogP contribution in [0.15, 0.2) is 24.3 Å². The molecule has 4 bridgehead atoms. The Bertz CT molecular complexity index is 605. The zero-order valence-corrected chi connectivity index (χ0v) is 13.4. The number of ether oxygens (including phenoxy) is 1. The molecule has 4 aliphatic carbocycles. The molecule has 0 radical (unpaired) electrons. The number of carbonyl (C=O) groups excluding carboxylic acids is 1. The van der Waals surface area contributed by atoms with E-state index in [-0.39, 0.29) is 18.1 Å². The molecule has 0 saturated heterocycles. The van der Waals surface area contributed by atoms with Gasteiger partial charge in [-0.15, -0.1) is 6.42 Å². The summed E-state index contributed by atoms with van der Waals surface area (Å²) in [7, 11) is 0. The van der Waals surface area contributed by atoms with Crippen molar-refractivity contribution in [2.24, 2.45) is 17.8 Å². The second-order valence-electron chi connectivity index (χ2n) is 7.67. The molecule has 0 aliphatic heterocycles. The van der Waals surface area contributed by atoms with Gasteiger partial charge in [-0.3, -0.25) is 4.79 Å². The molecule has 23 heavy (non-hydrogen) atoms. The van der Waals surface area contributed by atoms with E-state index >= 15 is 0 Å². The van der Waals surface area contributed by atoms with Crippen LogP contribution < -0.4 is 10.1 Å². The van der Waals surface area contributed by atoms with Gasteiger partial charge in [0.1, 0.15) is 12.4 Å². The quantitative estimate of drug-likeness (QED) is 0.866. The Hall–Kier alpha value is -1.95. The summed E-state index contributed by atoms with van der Waals surface area (Å²) in [5.74, 6) is 5.69. The van der Waals surface area contributed by atoms with Crippen molar-refractivity contribution in [3.05, 3.63) is 29.8 Å². The van der Waals surface area contributed by atoms with E-state index in [0.29, 0.717) is 11.3 Å². The number of hydrogen-bond acceptors (Lipinski definition) is 2. The summed E-state index contributed by atoms with van der Waals surface area (Å²) < 4.78 is 5.36. The number of benzene rings is 1. The summed E-state index contributed by atoms with van der Waals surface area (Å²) in [6.07, 6.45) is 12.9. The van der Waals surface area contributed by atoms with Gasteiger partial charge in [0.2, 0.25) is 0 Å². The van der Waals surface area contributed by atoms with E-state index in [1.165, 1.54) is 38.5 Å². The molecule has 3 nitrogen and oxygen atoms in total. The standard InChI is InChI=1S/C20H23NO2/c1-2-7-23-18-5-3-17(4-6-18)19(22)21-20-11-14-8-15(12-20)10-16(9-14)13-20/h1,3-6,14-16H,7-13H2,(H,21,22). The average molecular weight is 309 g/mol. The Balaban J connectivity index is 1.45. The molecule has 1 aromatic rings. The Morgan fingerprint density at radius 3 is 2.22 bits per heavy atom. The van der Waals surface area contributed by atoms with Crippen molar-refractivity contribution in [2.75, 3.05) is 6.61 Å². The Kier molecular flexibility index (Phi) is 3.56. The Morgan fingerprint density at radius 2 is 1.70 bits per heavy atom. The maximum atomic E-state index is 12.7. The number of amides is 1. The SMILES string of the molecule is C#CCOc1ccc(C(=O)NC23CC4CC(CC(C4)C2)C3)cc1. The van der Waals surface area contributed by atoms with E-state index in [1.807, 2.05) is 24.3 Å².